The van der Waals surface area contributed by atoms with E-state index < -0.39 is 11.8 Å². The van der Waals surface area contributed by atoms with Crippen molar-refractivity contribution in [1.82, 2.24) is 10.9 Å². The third-order valence-electron chi connectivity index (χ3n) is 3.90. The third-order valence-corrected chi connectivity index (χ3v) is 3.90. The van der Waals surface area contributed by atoms with Crippen LogP contribution in [-0.4, -0.2) is 23.2 Å². The number of para-hydroxylation sites is 1. The Labute approximate surface area is 173 Å². The SMILES string of the molecule is O=C(/C=C/c1cccc(C(=O)N/N=C/c2cccc(Oc3ccccc3)c2)c1)NO. The maximum Gasteiger partial charge on any atom is 0.271 e. The minimum Gasteiger partial charge on any atom is -0.457 e. The van der Waals surface area contributed by atoms with E-state index in [0.29, 0.717) is 16.9 Å². The lowest BCUT2D eigenvalue weighted by atomic mass is 10.1. The Morgan fingerprint density at radius 1 is 0.867 bits per heavy atom. The van der Waals surface area contributed by atoms with Gasteiger partial charge in [-0.3, -0.25) is 14.8 Å². The van der Waals surface area contributed by atoms with Crippen molar-refractivity contribution < 1.29 is 19.5 Å². The lowest BCUT2D eigenvalue weighted by molar-refractivity contribution is -0.124. The van der Waals surface area contributed by atoms with E-state index in [-0.39, 0.29) is 0 Å². The zero-order valence-corrected chi connectivity index (χ0v) is 15.9. The molecule has 3 aromatic carbocycles. The Hall–Kier alpha value is -4.23. The van der Waals surface area contributed by atoms with Crippen molar-refractivity contribution >= 4 is 24.1 Å². The van der Waals surface area contributed by atoms with Crippen LogP contribution >= 0.6 is 0 Å². The van der Waals surface area contributed by atoms with E-state index in [0.717, 1.165) is 17.4 Å². The van der Waals surface area contributed by atoms with Crippen LogP contribution < -0.4 is 15.6 Å². The largest absolute Gasteiger partial charge is 0.457 e. The molecule has 0 heterocycles. The molecule has 0 atom stereocenters. The maximum atomic E-state index is 12.3. The number of nitrogens with zero attached hydrogens (tertiary/aromatic N) is 1. The molecule has 0 fully saturated rings. The molecule has 3 aromatic rings. The molecule has 3 N–H and O–H groups in total. The number of hydroxylamine groups is 1. The predicted molar refractivity (Wildman–Crippen MR) is 113 cm³/mol. The number of rotatable bonds is 7. The summed E-state index contributed by atoms with van der Waals surface area (Å²) in [7, 11) is 0. The summed E-state index contributed by atoms with van der Waals surface area (Å²) >= 11 is 0. The normalized spacial score (nSPS) is 10.8. The summed E-state index contributed by atoms with van der Waals surface area (Å²) in [6.45, 7) is 0. The van der Waals surface area contributed by atoms with E-state index in [4.69, 9.17) is 9.94 Å². The van der Waals surface area contributed by atoms with Gasteiger partial charge < -0.3 is 4.74 Å². The Morgan fingerprint density at radius 3 is 2.40 bits per heavy atom. The summed E-state index contributed by atoms with van der Waals surface area (Å²) in [5.74, 6) is 0.325. The molecule has 2 amide bonds. The molecule has 0 bridgehead atoms. The van der Waals surface area contributed by atoms with E-state index in [1.54, 1.807) is 30.3 Å². The second kappa shape index (κ2) is 10.4. The van der Waals surface area contributed by atoms with E-state index in [2.05, 4.69) is 10.5 Å². The smallest absolute Gasteiger partial charge is 0.271 e. The highest BCUT2D eigenvalue weighted by molar-refractivity contribution is 5.96. The van der Waals surface area contributed by atoms with Crippen molar-refractivity contribution in [3.8, 4) is 11.5 Å². The number of ether oxygens (including phenoxy) is 1. The summed E-state index contributed by atoms with van der Waals surface area (Å²) in [5.41, 5.74) is 5.73. The van der Waals surface area contributed by atoms with Gasteiger partial charge in [-0.25, -0.2) is 10.9 Å². The van der Waals surface area contributed by atoms with Gasteiger partial charge in [-0.1, -0.05) is 42.5 Å². The summed E-state index contributed by atoms with van der Waals surface area (Å²) in [4.78, 5) is 23.3. The Balaban J connectivity index is 1.61. The quantitative estimate of drug-likeness (QED) is 0.243. The number of hydrogen-bond acceptors (Lipinski definition) is 5. The zero-order chi connectivity index (χ0) is 21.2. The van der Waals surface area contributed by atoms with Gasteiger partial charge in [0.05, 0.1) is 6.21 Å². The molecule has 0 saturated heterocycles. The number of nitrogens with one attached hydrogen (secondary N) is 2. The Kier molecular flexibility index (Phi) is 7.07. The number of hydrogen-bond donors (Lipinski definition) is 3. The first-order valence-corrected chi connectivity index (χ1v) is 9.02. The molecule has 0 aliphatic heterocycles. The van der Waals surface area contributed by atoms with Gasteiger partial charge in [-0.05, 0) is 53.6 Å². The average Bonchev–Trinajstić information content (AvgIpc) is 2.78. The first kappa shape index (κ1) is 20.5. The van der Waals surface area contributed by atoms with E-state index in [1.165, 1.54) is 17.8 Å². The van der Waals surface area contributed by atoms with Crippen molar-refractivity contribution in [2.45, 2.75) is 0 Å². The van der Waals surface area contributed by atoms with Gasteiger partial charge >= 0.3 is 0 Å². The highest BCUT2D eigenvalue weighted by Crippen LogP contribution is 2.21. The highest BCUT2D eigenvalue weighted by atomic mass is 16.5. The predicted octanol–water partition coefficient (Wildman–Crippen LogP) is 3.76. The molecule has 3 rings (SSSR count). The molecule has 7 heteroatoms. The summed E-state index contributed by atoms with van der Waals surface area (Å²) in [6, 6.07) is 23.4. The summed E-state index contributed by atoms with van der Waals surface area (Å²) in [6.07, 6.45) is 4.15. The monoisotopic (exact) mass is 401 g/mol. The van der Waals surface area contributed by atoms with Crippen molar-refractivity contribution in [3.05, 3.63) is 102 Å². The van der Waals surface area contributed by atoms with Crippen LogP contribution in [0.15, 0.2) is 90.0 Å². The van der Waals surface area contributed by atoms with E-state index in [9.17, 15) is 9.59 Å². The summed E-state index contributed by atoms with van der Waals surface area (Å²) < 4.78 is 5.78. The van der Waals surface area contributed by atoms with Crippen molar-refractivity contribution in [2.24, 2.45) is 5.10 Å². The number of amides is 2. The van der Waals surface area contributed by atoms with Crippen LogP contribution in [0.25, 0.3) is 6.08 Å². The molecule has 30 heavy (non-hydrogen) atoms. The Bertz CT molecular complexity index is 1080. The van der Waals surface area contributed by atoms with Gasteiger partial charge in [-0.15, -0.1) is 0 Å². The van der Waals surface area contributed by atoms with Crippen LogP contribution in [0.1, 0.15) is 21.5 Å². The van der Waals surface area contributed by atoms with Gasteiger partial charge in [0.2, 0.25) is 0 Å². The van der Waals surface area contributed by atoms with Crippen LogP contribution in [0, 0.1) is 0 Å². The topological polar surface area (TPSA) is 100 Å². The number of hydrazone groups is 1. The van der Waals surface area contributed by atoms with Crippen LogP contribution in [-0.2, 0) is 4.79 Å². The van der Waals surface area contributed by atoms with Gasteiger partial charge in [0, 0.05) is 11.6 Å². The molecule has 150 valence electrons. The molecule has 0 aliphatic carbocycles. The van der Waals surface area contributed by atoms with Gasteiger partial charge in [0.25, 0.3) is 11.8 Å². The first-order chi connectivity index (χ1) is 14.6. The number of carbonyl (C=O) groups is 2. The molecule has 0 saturated carbocycles. The molecular weight excluding hydrogens is 382 g/mol. The molecule has 0 unspecified atom stereocenters. The van der Waals surface area contributed by atoms with Crippen molar-refractivity contribution in [3.63, 3.8) is 0 Å². The molecule has 0 radical (unpaired) electrons. The minimum atomic E-state index is -0.659. The minimum absolute atomic E-state index is 0.375. The lowest BCUT2D eigenvalue weighted by Crippen LogP contribution is -2.17. The highest BCUT2D eigenvalue weighted by Gasteiger charge is 2.04. The van der Waals surface area contributed by atoms with Crippen molar-refractivity contribution in [2.75, 3.05) is 0 Å². The fourth-order valence-electron chi connectivity index (χ4n) is 2.51. The second-order valence-corrected chi connectivity index (χ2v) is 6.12. The average molecular weight is 401 g/mol. The van der Waals surface area contributed by atoms with E-state index in [1.807, 2.05) is 48.5 Å². The molecule has 0 aromatic heterocycles. The first-order valence-electron chi connectivity index (χ1n) is 9.02. The van der Waals surface area contributed by atoms with E-state index >= 15 is 0 Å². The van der Waals surface area contributed by atoms with Crippen molar-refractivity contribution in [1.29, 1.82) is 0 Å². The molecular formula is C23H19N3O4. The molecule has 7 nitrogen and oxygen atoms in total. The number of benzene rings is 3. The second-order valence-electron chi connectivity index (χ2n) is 6.12. The van der Waals surface area contributed by atoms with Gasteiger partial charge in [0.1, 0.15) is 11.5 Å². The standard InChI is InChI=1S/C23H19N3O4/c27-22(26-29)13-12-17-6-4-8-19(14-17)23(28)25-24-16-18-7-5-11-21(15-18)30-20-9-2-1-3-10-20/h1-16,29H,(H,25,28)(H,26,27)/b13-12+,24-16+. The molecule has 0 aliphatic rings. The fraction of sp³-hybridized carbons (Fsp3) is 0. The zero-order valence-electron chi connectivity index (χ0n) is 15.9. The summed E-state index contributed by atoms with van der Waals surface area (Å²) in [5, 5.41) is 12.5. The van der Waals surface area contributed by atoms with Gasteiger partial charge in [-0.2, -0.15) is 5.10 Å². The maximum absolute atomic E-state index is 12.3. The van der Waals surface area contributed by atoms with Crippen LogP contribution in [0.5, 0.6) is 11.5 Å². The number of carbonyl (C=O) groups excluding carboxylic acids is 2. The van der Waals surface area contributed by atoms with Crippen LogP contribution in [0.3, 0.4) is 0 Å². The fourth-order valence-corrected chi connectivity index (χ4v) is 2.51. The van der Waals surface area contributed by atoms with Gasteiger partial charge in [0.15, 0.2) is 0 Å². The van der Waals surface area contributed by atoms with Crippen LogP contribution in [0.4, 0.5) is 0 Å². The Morgan fingerprint density at radius 2 is 1.60 bits per heavy atom. The molecule has 0 spiro atoms. The third kappa shape index (κ3) is 6.15. The van der Waals surface area contributed by atoms with Crippen LogP contribution in [0.2, 0.25) is 0 Å². The lowest BCUT2D eigenvalue weighted by Gasteiger charge is -2.06.